The molecule has 162 valence electrons. The molecule has 0 spiro atoms. The van der Waals surface area contributed by atoms with Crippen LogP contribution in [0.4, 0.5) is 5.00 Å². The first-order valence-electron chi connectivity index (χ1n) is 10.6. The molecule has 2 aromatic rings. The highest BCUT2D eigenvalue weighted by Gasteiger charge is 2.51. The molecule has 1 aromatic heterocycles. The number of carbonyl (C=O) groups is 3. The third-order valence-electron chi connectivity index (χ3n) is 6.37. The minimum absolute atomic E-state index is 0.0619. The summed E-state index contributed by atoms with van der Waals surface area (Å²) in [5.41, 5.74) is 2.39. The van der Waals surface area contributed by atoms with Crippen molar-refractivity contribution < 1.29 is 19.5 Å². The molecular weight excluding hydrogens is 412 g/mol. The first-order valence-corrected chi connectivity index (χ1v) is 11.4. The van der Waals surface area contributed by atoms with Crippen molar-refractivity contribution in [3.05, 3.63) is 64.1 Å². The Bertz CT molecular complexity index is 1040. The van der Waals surface area contributed by atoms with Crippen molar-refractivity contribution in [3.8, 4) is 0 Å². The number of carboxylic acid groups (broad SMARTS) is 1. The second-order valence-corrected chi connectivity index (χ2v) is 9.41. The lowest BCUT2D eigenvalue weighted by Gasteiger charge is -2.23. The molecule has 0 unspecified atom stereocenters. The first kappa shape index (κ1) is 21.3. The predicted molar refractivity (Wildman–Crippen MR) is 120 cm³/mol. The van der Waals surface area contributed by atoms with Gasteiger partial charge in [-0.3, -0.25) is 14.4 Å². The minimum atomic E-state index is -0.936. The molecule has 0 aliphatic heterocycles. The smallest absolute Gasteiger partial charge is 0.307 e. The SMILES string of the molecule is CCc1c(C)sc(NC(=O)[C@H]2[C@@H](C(=O)O)[C@H]3C=C[C@@H]2C3)c1C(=O)NCc1ccccc1. The van der Waals surface area contributed by atoms with Crippen LogP contribution in [0.15, 0.2) is 42.5 Å². The zero-order valence-electron chi connectivity index (χ0n) is 17.6. The van der Waals surface area contributed by atoms with E-state index in [1.807, 2.05) is 56.3 Å². The Morgan fingerprint density at radius 2 is 1.77 bits per heavy atom. The first-order chi connectivity index (χ1) is 14.9. The molecule has 1 saturated carbocycles. The van der Waals surface area contributed by atoms with E-state index in [0.29, 0.717) is 30.0 Å². The summed E-state index contributed by atoms with van der Waals surface area (Å²) in [6, 6.07) is 9.64. The van der Waals surface area contributed by atoms with Crippen molar-refractivity contribution in [2.75, 3.05) is 5.32 Å². The van der Waals surface area contributed by atoms with Gasteiger partial charge in [-0.2, -0.15) is 0 Å². The summed E-state index contributed by atoms with van der Waals surface area (Å²) in [5.74, 6) is -2.96. The summed E-state index contributed by atoms with van der Waals surface area (Å²) >= 11 is 1.37. The molecule has 3 N–H and O–H groups in total. The van der Waals surface area contributed by atoms with Crippen LogP contribution in [0.1, 0.15) is 39.7 Å². The number of fused-ring (bicyclic) bond motifs is 2. The average molecular weight is 439 g/mol. The van der Waals surface area contributed by atoms with E-state index < -0.39 is 17.8 Å². The molecule has 1 heterocycles. The molecule has 2 aliphatic carbocycles. The van der Waals surface area contributed by atoms with Crippen LogP contribution < -0.4 is 10.6 Å². The molecule has 1 aromatic carbocycles. The molecule has 31 heavy (non-hydrogen) atoms. The quantitative estimate of drug-likeness (QED) is 0.569. The summed E-state index contributed by atoms with van der Waals surface area (Å²) in [6.07, 6.45) is 5.24. The van der Waals surface area contributed by atoms with Gasteiger partial charge in [0.15, 0.2) is 0 Å². The fraction of sp³-hybridized carbons (Fsp3) is 0.375. The number of amides is 2. The largest absolute Gasteiger partial charge is 0.481 e. The number of aliphatic carboxylic acids is 1. The number of hydrogen-bond acceptors (Lipinski definition) is 4. The van der Waals surface area contributed by atoms with E-state index in [1.54, 1.807) is 0 Å². The number of hydrogen-bond donors (Lipinski definition) is 3. The van der Waals surface area contributed by atoms with Gasteiger partial charge in [-0.05, 0) is 42.7 Å². The number of rotatable bonds is 7. The lowest BCUT2D eigenvalue weighted by Crippen LogP contribution is -2.36. The van der Waals surface area contributed by atoms with Crippen molar-refractivity contribution in [1.82, 2.24) is 5.32 Å². The number of carbonyl (C=O) groups excluding carboxylic acids is 2. The van der Waals surface area contributed by atoms with Crippen LogP contribution in [-0.2, 0) is 22.6 Å². The molecule has 0 saturated heterocycles. The van der Waals surface area contributed by atoms with Gasteiger partial charge in [-0.25, -0.2) is 0 Å². The van der Waals surface area contributed by atoms with Crippen LogP contribution >= 0.6 is 11.3 Å². The number of aryl methyl sites for hydroxylation is 1. The maximum atomic E-state index is 13.1. The zero-order chi connectivity index (χ0) is 22.1. The van der Waals surface area contributed by atoms with Crippen molar-refractivity contribution >= 4 is 34.1 Å². The zero-order valence-corrected chi connectivity index (χ0v) is 18.4. The fourth-order valence-electron chi connectivity index (χ4n) is 4.91. The van der Waals surface area contributed by atoms with Gasteiger partial charge in [0.25, 0.3) is 5.91 Å². The van der Waals surface area contributed by atoms with E-state index >= 15 is 0 Å². The van der Waals surface area contributed by atoms with Crippen LogP contribution in [0.3, 0.4) is 0 Å². The van der Waals surface area contributed by atoms with Gasteiger partial charge in [0.1, 0.15) is 5.00 Å². The lowest BCUT2D eigenvalue weighted by atomic mass is 9.82. The fourth-order valence-corrected chi connectivity index (χ4v) is 6.06. The second kappa shape index (κ2) is 8.67. The summed E-state index contributed by atoms with van der Waals surface area (Å²) in [5, 5.41) is 16.0. The molecule has 2 amide bonds. The van der Waals surface area contributed by atoms with Crippen LogP contribution in [0.5, 0.6) is 0 Å². The maximum absolute atomic E-state index is 13.1. The number of benzene rings is 1. The Morgan fingerprint density at radius 1 is 1.10 bits per heavy atom. The Labute approximate surface area is 185 Å². The average Bonchev–Trinajstić information content (AvgIpc) is 3.45. The van der Waals surface area contributed by atoms with E-state index in [2.05, 4.69) is 10.6 Å². The highest BCUT2D eigenvalue weighted by molar-refractivity contribution is 7.16. The van der Waals surface area contributed by atoms with Gasteiger partial charge in [0, 0.05) is 11.4 Å². The molecular formula is C24H26N2O4S. The van der Waals surface area contributed by atoms with Gasteiger partial charge in [-0.1, -0.05) is 49.4 Å². The number of allylic oxidation sites excluding steroid dienone is 2. The monoisotopic (exact) mass is 438 g/mol. The van der Waals surface area contributed by atoms with E-state index in [4.69, 9.17) is 0 Å². The number of anilines is 1. The van der Waals surface area contributed by atoms with E-state index in [9.17, 15) is 19.5 Å². The Morgan fingerprint density at radius 3 is 2.42 bits per heavy atom. The van der Waals surface area contributed by atoms with Crippen LogP contribution in [0.2, 0.25) is 0 Å². The van der Waals surface area contributed by atoms with Crippen molar-refractivity contribution in [1.29, 1.82) is 0 Å². The summed E-state index contributed by atoms with van der Waals surface area (Å²) < 4.78 is 0. The van der Waals surface area contributed by atoms with Gasteiger partial charge in [0.2, 0.25) is 5.91 Å². The Balaban J connectivity index is 1.56. The Kier molecular flexibility index (Phi) is 5.96. The van der Waals surface area contributed by atoms with E-state index in [0.717, 1.165) is 16.0 Å². The molecule has 4 rings (SSSR count). The van der Waals surface area contributed by atoms with Crippen molar-refractivity contribution in [3.63, 3.8) is 0 Å². The number of carboxylic acids is 1. The summed E-state index contributed by atoms with van der Waals surface area (Å²) in [6.45, 7) is 4.31. The molecule has 2 aliphatic rings. The van der Waals surface area contributed by atoms with Gasteiger partial charge in [0.05, 0.1) is 17.4 Å². The van der Waals surface area contributed by atoms with Gasteiger partial charge in [-0.15, -0.1) is 11.3 Å². The van der Waals surface area contributed by atoms with E-state index in [-0.39, 0.29) is 23.7 Å². The molecule has 0 radical (unpaired) electrons. The second-order valence-electron chi connectivity index (χ2n) is 8.19. The summed E-state index contributed by atoms with van der Waals surface area (Å²) in [4.78, 5) is 39.0. The maximum Gasteiger partial charge on any atom is 0.307 e. The minimum Gasteiger partial charge on any atom is -0.481 e. The topological polar surface area (TPSA) is 95.5 Å². The number of nitrogens with one attached hydrogen (secondary N) is 2. The highest BCUT2D eigenvalue weighted by atomic mass is 32.1. The lowest BCUT2D eigenvalue weighted by molar-refractivity contribution is -0.146. The molecule has 2 bridgehead atoms. The van der Waals surface area contributed by atoms with Gasteiger partial charge < -0.3 is 15.7 Å². The third kappa shape index (κ3) is 4.02. The highest BCUT2D eigenvalue weighted by Crippen LogP contribution is 2.48. The van der Waals surface area contributed by atoms with Crippen LogP contribution in [-0.4, -0.2) is 22.9 Å². The van der Waals surface area contributed by atoms with Gasteiger partial charge >= 0.3 is 5.97 Å². The molecule has 6 nitrogen and oxygen atoms in total. The van der Waals surface area contributed by atoms with E-state index in [1.165, 1.54) is 11.3 Å². The normalized spacial score (nSPS) is 23.7. The molecule has 4 atom stereocenters. The van der Waals surface area contributed by atoms with Crippen LogP contribution in [0.25, 0.3) is 0 Å². The molecule has 1 fully saturated rings. The van der Waals surface area contributed by atoms with Crippen molar-refractivity contribution in [2.45, 2.75) is 33.2 Å². The van der Waals surface area contributed by atoms with Crippen molar-refractivity contribution in [2.24, 2.45) is 23.7 Å². The molecule has 7 heteroatoms. The Hall–Kier alpha value is -2.93. The third-order valence-corrected chi connectivity index (χ3v) is 7.43. The number of thiophene rings is 1. The summed E-state index contributed by atoms with van der Waals surface area (Å²) in [7, 11) is 0. The van der Waals surface area contributed by atoms with Crippen LogP contribution in [0, 0.1) is 30.6 Å². The standard InChI is InChI=1S/C24H26N2O4S/c1-3-17-13(2)31-23(20(17)21(27)25-12-14-7-5-4-6-8-14)26-22(28)18-15-9-10-16(11-15)19(18)24(29)30/h4-10,15-16,18-19H,3,11-12H2,1-2H3,(H,25,27)(H,26,28)(H,29,30)/t15-,16+,18-,19+/m1/s1. The predicted octanol–water partition coefficient (Wildman–Crippen LogP) is 4.01.